The number of thiophene rings is 1. The van der Waals surface area contributed by atoms with E-state index in [2.05, 4.69) is 19.9 Å². The lowest BCUT2D eigenvalue weighted by atomic mass is 10.0. The Bertz CT molecular complexity index is 516. The minimum Gasteiger partial charge on any atom is -0.494 e. The Labute approximate surface area is 112 Å². The van der Waals surface area contributed by atoms with Gasteiger partial charge in [0.15, 0.2) is 0 Å². The summed E-state index contributed by atoms with van der Waals surface area (Å²) in [5.74, 6) is 0.896. The van der Waals surface area contributed by atoms with Gasteiger partial charge in [-0.3, -0.25) is 0 Å². The first-order chi connectivity index (χ1) is 8.61. The molecule has 0 radical (unpaired) electrons. The summed E-state index contributed by atoms with van der Waals surface area (Å²) in [6.45, 7) is 6.91. The minimum atomic E-state index is -0.0422. The van der Waals surface area contributed by atoms with Gasteiger partial charge in [0.2, 0.25) is 0 Å². The van der Waals surface area contributed by atoms with Crippen molar-refractivity contribution in [2.24, 2.45) is 5.73 Å². The number of nitrogens with two attached hydrogens (primary N) is 1. The molecule has 2 aromatic rings. The second-order valence-electron chi connectivity index (χ2n) is 4.38. The maximum Gasteiger partial charge on any atom is 0.119 e. The Morgan fingerprint density at radius 1 is 1.22 bits per heavy atom. The van der Waals surface area contributed by atoms with Crippen molar-refractivity contribution < 1.29 is 4.74 Å². The fourth-order valence-electron chi connectivity index (χ4n) is 2.06. The Balaban J connectivity index is 2.23. The summed E-state index contributed by atoms with van der Waals surface area (Å²) in [6.07, 6.45) is 0. The molecule has 0 aliphatic carbocycles. The van der Waals surface area contributed by atoms with Crippen molar-refractivity contribution in [1.82, 2.24) is 0 Å². The quantitative estimate of drug-likeness (QED) is 0.908. The monoisotopic (exact) mass is 261 g/mol. The van der Waals surface area contributed by atoms with E-state index < -0.39 is 0 Å². The molecule has 0 fully saturated rings. The number of hydrogen-bond acceptors (Lipinski definition) is 3. The van der Waals surface area contributed by atoms with Crippen LogP contribution in [0.3, 0.4) is 0 Å². The standard InChI is InChI=1S/C15H19NOS/c1-4-17-13-7-5-12(6-8-13)14(16)15-10(2)9-11(3)18-15/h5-9,14H,4,16H2,1-3H3. The smallest absolute Gasteiger partial charge is 0.119 e. The van der Waals surface area contributed by atoms with Crippen molar-refractivity contribution in [1.29, 1.82) is 0 Å². The van der Waals surface area contributed by atoms with Gasteiger partial charge in [-0.05, 0) is 50.1 Å². The zero-order valence-corrected chi connectivity index (χ0v) is 11.9. The second-order valence-corrected chi connectivity index (χ2v) is 5.67. The van der Waals surface area contributed by atoms with E-state index in [0.29, 0.717) is 6.61 Å². The average molecular weight is 261 g/mol. The van der Waals surface area contributed by atoms with Gasteiger partial charge in [-0.2, -0.15) is 0 Å². The largest absolute Gasteiger partial charge is 0.494 e. The molecule has 0 bridgehead atoms. The SMILES string of the molecule is CCOc1ccc(C(N)c2sc(C)cc2C)cc1. The molecule has 1 heterocycles. The van der Waals surface area contributed by atoms with Gasteiger partial charge in [-0.15, -0.1) is 11.3 Å². The molecule has 1 unspecified atom stereocenters. The molecule has 18 heavy (non-hydrogen) atoms. The average Bonchev–Trinajstić information content (AvgIpc) is 2.69. The Hall–Kier alpha value is -1.32. The molecule has 0 saturated heterocycles. The van der Waals surface area contributed by atoms with Crippen molar-refractivity contribution >= 4 is 11.3 Å². The lowest BCUT2D eigenvalue weighted by molar-refractivity contribution is 0.340. The highest BCUT2D eigenvalue weighted by Gasteiger charge is 2.14. The molecule has 2 N–H and O–H groups in total. The van der Waals surface area contributed by atoms with Crippen LogP contribution in [0.15, 0.2) is 30.3 Å². The van der Waals surface area contributed by atoms with Crippen LogP contribution in [0.1, 0.15) is 33.8 Å². The molecule has 3 heteroatoms. The van der Waals surface area contributed by atoms with Crippen molar-refractivity contribution in [3.63, 3.8) is 0 Å². The molecule has 0 aliphatic rings. The van der Waals surface area contributed by atoms with Crippen molar-refractivity contribution in [3.05, 3.63) is 51.2 Å². The molecule has 2 rings (SSSR count). The van der Waals surface area contributed by atoms with Crippen LogP contribution in [-0.2, 0) is 0 Å². The third-order valence-electron chi connectivity index (χ3n) is 2.91. The van der Waals surface area contributed by atoms with E-state index in [-0.39, 0.29) is 6.04 Å². The number of aryl methyl sites for hydroxylation is 2. The van der Waals surface area contributed by atoms with Crippen molar-refractivity contribution in [2.75, 3.05) is 6.61 Å². The van der Waals surface area contributed by atoms with E-state index in [4.69, 9.17) is 10.5 Å². The second kappa shape index (κ2) is 5.55. The van der Waals surface area contributed by atoms with Gasteiger partial charge in [0.05, 0.1) is 12.6 Å². The summed E-state index contributed by atoms with van der Waals surface area (Å²) >= 11 is 1.78. The summed E-state index contributed by atoms with van der Waals surface area (Å²) in [6, 6.07) is 10.2. The highest BCUT2D eigenvalue weighted by Crippen LogP contribution is 2.30. The molecule has 1 atom stereocenters. The van der Waals surface area contributed by atoms with Crippen LogP contribution >= 0.6 is 11.3 Å². The third-order valence-corrected chi connectivity index (χ3v) is 4.15. The lowest BCUT2D eigenvalue weighted by Gasteiger charge is -2.12. The van der Waals surface area contributed by atoms with E-state index in [0.717, 1.165) is 11.3 Å². The molecule has 0 aliphatic heterocycles. The van der Waals surface area contributed by atoms with Gasteiger partial charge in [0, 0.05) is 9.75 Å². The molecule has 0 saturated carbocycles. The van der Waals surface area contributed by atoms with Gasteiger partial charge in [0.1, 0.15) is 5.75 Å². The first-order valence-corrected chi connectivity index (χ1v) is 6.98. The number of ether oxygens (including phenoxy) is 1. The van der Waals surface area contributed by atoms with Crippen LogP contribution in [-0.4, -0.2) is 6.61 Å². The zero-order valence-electron chi connectivity index (χ0n) is 11.1. The zero-order chi connectivity index (χ0) is 13.1. The highest BCUT2D eigenvalue weighted by atomic mass is 32.1. The van der Waals surface area contributed by atoms with Gasteiger partial charge in [-0.25, -0.2) is 0 Å². The summed E-state index contributed by atoms with van der Waals surface area (Å²) < 4.78 is 5.44. The Morgan fingerprint density at radius 2 is 1.89 bits per heavy atom. The van der Waals surface area contributed by atoms with E-state index in [1.165, 1.54) is 15.3 Å². The Kier molecular flexibility index (Phi) is 4.04. The molecule has 0 spiro atoms. The van der Waals surface area contributed by atoms with Crippen LogP contribution in [0.25, 0.3) is 0 Å². The Morgan fingerprint density at radius 3 is 2.39 bits per heavy atom. The lowest BCUT2D eigenvalue weighted by Crippen LogP contribution is -2.11. The molecular weight excluding hydrogens is 242 g/mol. The normalized spacial score (nSPS) is 12.4. The summed E-state index contributed by atoms with van der Waals surface area (Å²) in [5, 5.41) is 0. The number of rotatable bonds is 4. The van der Waals surface area contributed by atoms with Crippen molar-refractivity contribution in [2.45, 2.75) is 26.8 Å². The third kappa shape index (κ3) is 2.74. The summed E-state index contributed by atoms with van der Waals surface area (Å²) in [4.78, 5) is 2.56. The van der Waals surface area contributed by atoms with Gasteiger partial charge < -0.3 is 10.5 Å². The van der Waals surface area contributed by atoms with E-state index in [1.54, 1.807) is 11.3 Å². The molecular formula is C15H19NOS. The fourth-order valence-corrected chi connectivity index (χ4v) is 3.12. The van der Waals surface area contributed by atoms with Gasteiger partial charge in [-0.1, -0.05) is 12.1 Å². The topological polar surface area (TPSA) is 35.2 Å². The van der Waals surface area contributed by atoms with Crippen LogP contribution in [0.2, 0.25) is 0 Å². The molecule has 0 amide bonds. The number of benzene rings is 1. The predicted molar refractivity (Wildman–Crippen MR) is 77.4 cm³/mol. The number of hydrogen-bond donors (Lipinski definition) is 1. The molecule has 2 nitrogen and oxygen atoms in total. The first kappa shape index (κ1) is 13.1. The van der Waals surface area contributed by atoms with E-state index >= 15 is 0 Å². The highest BCUT2D eigenvalue weighted by molar-refractivity contribution is 7.12. The minimum absolute atomic E-state index is 0.0422. The van der Waals surface area contributed by atoms with Gasteiger partial charge >= 0.3 is 0 Å². The molecule has 1 aromatic heterocycles. The van der Waals surface area contributed by atoms with E-state index in [9.17, 15) is 0 Å². The molecule has 96 valence electrons. The maximum atomic E-state index is 6.32. The van der Waals surface area contributed by atoms with Crippen LogP contribution < -0.4 is 10.5 Å². The van der Waals surface area contributed by atoms with Crippen molar-refractivity contribution in [3.8, 4) is 5.75 Å². The summed E-state index contributed by atoms with van der Waals surface area (Å²) in [7, 11) is 0. The van der Waals surface area contributed by atoms with Crippen LogP contribution in [0.4, 0.5) is 0 Å². The molecule has 1 aromatic carbocycles. The van der Waals surface area contributed by atoms with Crippen LogP contribution in [0, 0.1) is 13.8 Å². The van der Waals surface area contributed by atoms with Gasteiger partial charge in [0.25, 0.3) is 0 Å². The summed E-state index contributed by atoms with van der Waals surface area (Å²) in [5.41, 5.74) is 8.73. The first-order valence-electron chi connectivity index (χ1n) is 6.17. The van der Waals surface area contributed by atoms with Crippen LogP contribution in [0.5, 0.6) is 5.75 Å². The van der Waals surface area contributed by atoms with E-state index in [1.807, 2.05) is 31.2 Å². The fraction of sp³-hybridized carbons (Fsp3) is 0.333. The maximum absolute atomic E-state index is 6.32. The predicted octanol–water partition coefficient (Wildman–Crippen LogP) is 3.81.